The second kappa shape index (κ2) is 6.73. The van der Waals surface area contributed by atoms with Crippen LogP contribution in [0.5, 0.6) is 0 Å². The molecule has 1 rings (SSSR count). The Labute approximate surface area is 116 Å². The fourth-order valence-corrected chi connectivity index (χ4v) is 3.11. The van der Waals surface area contributed by atoms with E-state index in [-0.39, 0.29) is 0 Å². The van der Waals surface area contributed by atoms with Crippen molar-refractivity contribution in [2.75, 3.05) is 0 Å². The van der Waals surface area contributed by atoms with Crippen LogP contribution in [0, 0.1) is 17.8 Å². The summed E-state index contributed by atoms with van der Waals surface area (Å²) < 4.78 is 0. The van der Waals surface area contributed by atoms with Crippen LogP contribution < -0.4 is 11.2 Å². The Morgan fingerprint density at radius 2 is 2.05 bits per heavy atom. The van der Waals surface area contributed by atoms with E-state index in [0.717, 1.165) is 24.5 Å². The molecule has 0 bridgehead atoms. The van der Waals surface area contributed by atoms with Gasteiger partial charge in [0.15, 0.2) is 0 Å². The Balaban J connectivity index is 2.58. The van der Waals surface area contributed by atoms with Crippen molar-refractivity contribution in [3.05, 3.63) is 11.1 Å². The lowest BCUT2D eigenvalue weighted by atomic mass is 9.69. The molecule has 2 amide bonds. The molecule has 0 aromatic rings. The van der Waals surface area contributed by atoms with Crippen molar-refractivity contribution in [1.82, 2.24) is 5.43 Å². The highest BCUT2D eigenvalue weighted by Crippen LogP contribution is 2.40. The zero-order valence-corrected chi connectivity index (χ0v) is 12.8. The van der Waals surface area contributed by atoms with Crippen LogP contribution in [0.25, 0.3) is 0 Å². The second-order valence-corrected chi connectivity index (χ2v) is 5.96. The largest absolute Gasteiger partial charge is 0.350 e. The molecule has 4 nitrogen and oxygen atoms in total. The first-order valence-corrected chi connectivity index (χ1v) is 7.07. The van der Waals surface area contributed by atoms with Gasteiger partial charge in [-0.15, -0.1) is 0 Å². The minimum absolute atomic E-state index is 0.604. The van der Waals surface area contributed by atoms with E-state index in [1.165, 1.54) is 6.42 Å². The maximum absolute atomic E-state index is 10.6. The molecule has 0 aromatic carbocycles. The van der Waals surface area contributed by atoms with Crippen molar-refractivity contribution >= 4 is 11.7 Å². The number of urea groups is 1. The average Bonchev–Trinajstić information content (AvgIpc) is 2.33. The van der Waals surface area contributed by atoms with E-state index in [9.17, 15) is 4.79 Å². The Bertz CT molecular complexity index is 398. The first-order chi connectivity index (χ1) is 8.82. The van der Waals surface area contributed by atoms with Crippen LogP contribution in [-0.4, -0.2) is 11.7 Å². The van der Waals surface area contributed by atoms with Crippen LogP contribution in [0.3, 0.4) is 0 Å². The molecule has 3 N–H and O–H groups in total. The number of hydrogen-bond donors (Lipinski definition) is 2. The van der Waals surface area contributed by atoms with E-state index in [2.05, 4.69) is 38.2 Å². The summed E-state index contributed by atoms with van der Waals surface area (Å²) in [6, 6.07) is -0.604. The zero-order valence-electron chi connectivity index (χ0n) is 12.8. The van der Waals surface area contributed by atoms with E-state index >= 15 is 0 Å². The summed E-state index contributed by atoms with van der Waals surface area (Å²) in [5, 5.41) is 3.97. The van der Waals surface area contributed by atoms with Crippen LogP contribution >= 0.6 is 0 Å². The Hall–Kier alpha value is -1.32. The van der Waals surface area contributed by atoms with Crippen LogP contribution in [0.1, 0.15) is 53.9 Å². The number of primary amides is 1. The molecule has 0 fully saturated rings. The summed E-state index contributed by atoms with van der Waals surface area (Å²) >= 11 is 0. The molecule has 1 aliphatic carbocycles. The summed E-state index contributed by atoms with van der Waals surface area (Å²) in [5.74, 6) is 2.05. The number of nitrogens with zero attached hydrogens (tertiary/aromatic N) is 1. The van der Waals surface area contributed by atoms with Gasteiger partial charge in [0, 0.05) is 5.71 Å². The van der Waals surface area contributed by atoms with Gasteiger partial charge in [-0.1, -0.05) is 25.0 Å². The van der Waals surface area contributed by atoms with Gasteiger partial charge in [-0.05, 0) is 57.8 Å². The molecule has 0 heterocycles. The number of amides is 2. The summed E-state index contributed by atoms with van der Waals surface area (Å²) in [6.45, 7) is 11.1. The fraction of sp³-hybridized carbons (Fsp3) is 0.733. The van der Waals surface area contributed by atoms with Crippen LogP contribution in [-0.2, 0) is 0 Å². The molecule has 0 aromatic heterocycles. The van der Waals surface area contributed by atoms with Crippen LogP contribution in [0.2, 0.25) is 0 Å². The topological polar surface area (TPSA) is 67.5 Å². The minimum Gasteiger partial charge on any atom is -0.350 e. The number of rotatable bonds is 4. The molecular weight excluding hydrogens is 238 g/mol. The van der Waals surface area contributed by atoms with Crippen LogP contribution in [0.15, 0.2) is 16.2 Å². The first-order valence-electron chi connectivity index (χ1n) is 7.07. The molecule has 1 aliphatic rings. The smallest absolute Gasteiger partial charge is 0.332 e. The number of carbonyl (C=O) groups is 1. The summed E-state index contributed by atoms with van der Waals surface area (Å²) in [6.07, 6.45) is 3.23. The summed E-state index contributed by atoms with van der Waals surface area (Å²) in [7, 11) is 0. The lowest BCUT2D eigenvalue weighted by molar-refractivity contribution is 0.245. The average molecular weight is 265 g/mol. The number of hydrogen-bond acceptors (Lipinski definition) is 2. The third-order valence-electron chi connectivity index (χ3n) is 4.55. The number of nitrogens with one attached hydrogen (secondary N) is 1. The normalized spacial score (nSPS) is 28.5. The highest BCUT2D eigenvalue weighted by molar-refractivity contribution is 5.83. The van der Waals surface area contributed by atoms with Gasteiger partial charge in [-0.25, -0.2) is 10.2 Å². The Morgan fingerprint density at radius 3 is 2.63 bits per heavy atom. The molecule has 0 spiro atoms. The maximum atomic E-state index is 10.6. The summed E-state index contributed by atoms with van der Waals surface area (Å²) in [4.78, 5) is 10.6. The van der Waals surface area contributed by atoms with Gasteiger partial charge in [-0.2, -0.15) is 5.10 Å². The lowest BCUT2D eigenvalue weighted by Crippen LogP contribution is -2.27. The molecule has 4 heteroatoms. The quantitative estimate of drug-likeness (QED) is 0.456. The molecule has 3 atom stereocenters. The van der Waals surface area contributed by atoms with Crippen molar-refractivity contribution in [3.8, 4) is 0 Å². The summed E-state index contributed by atoms with van der Waals surface area (Å²) in [5.41, 5.74) is 11.3. The van der Waals surface area contributed by atoms with Gasteiger partial charge in [0.25, 0.3) is 0 Å². The van der Waals surface area contributed by atoms with Crippen molar-refractivity contribution in [2.24, 2.45) is 28.6 Å². The van der Waals surface area contributed by atoms with Crippen molar-refractivity contribution < 1.29 is 4.79 Å². The number of allylic oxidation sites excluding steroid dienone is 2. The van der Waals surface area contributed by atoms with Gasteiger partial charge >= 0.3 is 6.03 Å². The predicted octanol–water partition coefficient (Wildman–Crippen LogP) is 3.44. The zero-order chi connectivity index (χ0) is 14.6. The molecule has 19 heavy (non-hydrogen) atoms. The molecule has 0 saturated heterocycles. The van der Waals surface area contributed by atoms with E-state index in [0.29, 0.717) is 11.8 Å². The van der Waals surface area contributed by atoms with Gasteiger partial charge in [0.1, 0.15) is 0 Å². The van der Waals surface area contributed by atoms with Gasteiger partial charge in [0.05, 0.1) is 0 Å². The number of hydrazone groups is 1. The lowest BCUT2D eigenvalue weighted by Gasteiger charge is -2.36. The van der Waals surface area contributed by atoms with Crippen LogP contribution in [0.4, 0.5) is 4.79 Å². The maximum Gasteiger partial charge on any atom is 0.332 e. The highest BCUT2D eigenvalue weighted by Gasteiger charge is 2.29. The van der Waals surface area contributed by atoms with E-state index < -0.39 is 6.03 Å². The third kappa shape index (κ3) is 4.37. The molecule has 0 radical (unpaired) electrons. The molecule has 108 valence electrons. The standard InChI is InChI=1S/C15H27N3O/c1-9-8-10(2)14(13(5)12(9)4)7-6-11(3)17-18-15(16)19/h10,13-14H,6-8H2,1-5H3,(H3,16,18,19)/b17-11+/t10-,13-,14+/m1/s1. The van der Waals surface area contributed by atoms with Gasteiger partial charge in [0.2, 0.25) is 0 Å². The minimum atomic E-state index is -0.604. The number of nitrogens with two attached hydrogens (primary N) is 1. The monoisotopic (exact) mass is 265 g/mol. The third-order valence-corrected chi connectivity index (χ3v) is 4.55. The van der Waals surface area contributed by atoms with E-state index in [1.54, 1.807) is 11.1 Å². The second-order valence-electron chi connectivity index (χ2n) is 5.96. The van der Waals surface area contributed by atoms with E-state index in [1.807, 2.05) is 6.92 Å². The predicted molar refractivity (Wildman–Crippen MR) is 79.9 cm³/mol. The molecule has 0 unspecified atom stereocenters. The Morgan fingerprint density at radius 1 is 1.42 bits per heavy atom. The Kier molecular flexibility index (Phi) is 5.58. The van der Waals surface area contributed by atoms with Gasteiger partial charge in [-0.3, -0.25) is 0 Å². The van der Waals surface area contributed by atoms with E-state index in [4.69, 9.17) is 5.73 Å². The van der Waals surface area contributed by atoms with Crippen molar-refractivity contribution in [2.45, 2.75) is 53.9 Å². The highest BCUT2D eigenvalue weighted by atomic mass is 16.2. The van der Waals surface area contributed by atoms with Gasteiger partial charge < -0.3 is 5.73 Å². The molecule has 0 aliphatic heterocycles. The molecule has 0 saturated carbocycles. The number of carbonyl (C=O) groups excluding carboxylic acids is 1. The van der Waals surface area contributed by atoms with Crippen molar-refractivity contribution in [3.63, 3.8) is 0 Å². The fourth-order valence-electron chi connectivity index (χ4n) is 3.11. The first kappa shape index (κ1) is 15.7. The van der Waals surface area contributed by atoms with Crippen molar-refractivity contribution in [1.29, 1.82) is 0 Å². The molecular formula is C15H27N3O. The SMILES string of the molecule is CC1=C(C)[C@@H](C)[C@@H](CC/C(C)=N/NC(N)=O)[C@H](C)C1.